The van der Waals surface area contributed by atoms with E-state index < -0.39 is 0 Å². The van der Waals surface area contributed by atoms with E-state index in [-0.39, 0.29) is 5.41 Å². The van der Waals surface area contributed by atoms with E-state index in [0.29, 0.717) is 11.3 Å². The molecule has 0 aromatic rings. The molecule has 0 aromatic carbocycles. The van der Waals surface area contributed by atoms with Crippen molar-refractivity contribution < 1.29 is 4.79 Å². The van der Waals surface area contributed by atoms with Crippen molar-refractivity contribution in [2.45, 2.75) is 51.9 Å². The van der Waals surface area contributed by atoms with Crippen molar-refractivity contribution in [3.8, 4) is 0 Å². The van der Waals surface area contributed by atoms with Gasteiger partial charge in [-0.2, -0.15) is 0 Å². The van der Waals surface area contributed by atoms with E-state index in [0.717, 1.165) is 39.0 Å². The van der Waals surface area contributed by atoms with Crippen LogP contribution in [0.5, 0.6) is 0 Å². The van der Waals surface area contributed by atoms with Crippen LogP contribution < -0.4 is 5.32 Å². The summed E-state index contributed by atoms with van der Waals surface area (Å²) in [6.07, 6.45) is 8.74. The topological polar surface area (TPSA) is 32.3 Å². The number of hydrogen-bond acceptors (Lipinski definition) is 2. The summed E-state index contributed by atoms with van der Waals surface area (Å²) in [6, 6.07) is 0. The Morgan fingerprint density at radius 3 is 2.39 bits per heavy atom. The maximum atomic E-state index is 12.8. The maximum absolute atomic E-state index is 12.8. The molecular weight excluding hydrogens is 224 g/mol. The zero-order valence-corrected chi connectivity index (χ0v) is 11.6. The minimum absolute atomic E-state index is 0.0879. The lowest BCUT2D eigenvalue weighted by Gasteiger charge is -2.36. The Balaban J connectivity index is 1.66. The van der Waals surface area contributed by atoms with Crippen LogP contribution in [0.15, 0.2) is 0 Å². The number of carbonyl (C=O) groups is 1. The second-order valence-electron chi connectivity index (χ2n) is 6.99. The van der Waals surface area contributed by atoms with Gasteiger partial charge in [0, 0.05) is 18.5 Å². The molecule has 3 aliphatic rings. The van der Waals surface area contributed by atoms with Crippen molar-refractivity contribution in [2.24, 2.45) is 10.8 Å². The van der Waals surface area contributed by atoms with Crippen molar-refractivity contribution in [3.05, 3.63) is 0 Å². The standard InChI is InChI=1S/C15H26N2O/c1-14(6-9-16-10-7-14)13(18)17-11-8-15(12-17)4-2-3-5-15/h16H,2-12H2,1H3. The van der Waals surface area contributed by atoms with Crippen molar-refractivity contribution in [1.82, 2.24) is 10.2 Å². The lowest BCUT2D eigenvalue weighted by Crippen LogP contribution is -2.47. The van der Waals surface area contributed by atoms with E-state index >= 15 is 0 Å². The fourth-order valence-electron chi connectivity index (χ4n) is 4.22. The van der Waals surface area contributed by atoms with Crippen molar-refractivity contribution >= 4 is 5.91 Å². The average Bonchev–Trinajstić information content (AvgIpc) is 3.00. The Labute approximate surface area is 110 Å². The zero-order chi connectivity index (χ0) is 12.6. The number of nitrogens with zero attached hydrogens (tertiary/aromatic N) is 1. The van der Waals surface area contributed by atoms with Crippen LogP contribution in [0.1, 0.15) is 51.9 Å². The van der Waals surface area contributed by atoms with Gasteiger partial charge in [0.15, 0.2) is 0 Å². The van der Waals surface area contributed by atoms with E-state index in [1.165, 1.54) is 32.1 Å². The molecular formula is C15H26N2O. The van der Waals surface area contributed by atoms with E-state index in [2.05, 4.69) is 17.1 Å². The van der Waals surface area contributed by atoms with Gasteiger partial charge < -0.3 is 10.2 Å². The number of amides is 1. The summed E-state index contributed by atoms with van der Waals surface area (Å²) in [7, 11) is 0. The lowest BCUT2D eigenvalue weighted by atomic mass is 9.79. The van der Waals surface area contributed by atoms with E-state index in [4.69, 9.17) is 0 Å². The Morgan fingerprint density at radius 1 is 1.06 bits per heavy atom. The third-order valence-electron chi connectivity index (χ3n) is 5.61. The molecule has 102 valence electrons. The SMILES string of the molecule is CC1(C(=O)N2CCC3(CCCC3)C2)CCNCC1. The van der Waals surface area contributed by atoms with Gasteiger partial charge in [-0.15, -0.1) is 0 Å². The number of likely N-dealkylation sites (tertiary alicyclic amines) is 1. The molecule has 18 heavy (non-hydrogen) atoms. The van der Waals surface area contributed by atoms with Crippen LogP contribution in [-0.2, 0) is 4.79 Å². The molecule has 3 rings (SSSR count). The maximum Gasteiger partial charge on any atom is 0.228 e. The number of nitrogens with one attached hydrogen (secondary N) is 1. The largest absolute Gasteiger partial charge is 0.342 e. The summed E-state index contributed by atoms with van der Waals surface area (Å²) in [4.78, 5) is 15.0. The molecule has 0 aromatic heterocycles. The molecule has 2 saturated heterocycles. The molecule has 3 heteroatoms. The number of carbonyl (C=O) groups excluding carboxylic acids is 1. The molecule has 1 saturated carbocycles. The molecule has 1 amide bonds. The van der Waals surface area contributed by atoms with Gasteiger partial charge in [-0.3, -0.25) is 4.79 Å². The van der Waals surface area contributed by atoms with Crippen molar-refractivity contribution in [3.63, 3.8) is 0 Å². The van der Waals surface area contributed by atoms with Gasteiger partial charge in [0.1, 0.15) is 0 Å². The Hall–Kier alpha value is -0.570. The molecule has 0 radical (unpaired) electrons. The van der Waals surface area contributed by atoms with Crippen LogP contribution in [0.25, 0.3) is 0 Å². The van der Waals surface area contributed by atoms with Crippen LogP contribution in [0, 0.1) is 10.8 Å². The molecule has 2 heterocycles. The first-order valence-corrected chi connectivity index (χ1v) is 7.64. The van der Waals surface area contributed by atoms with Crippen molar-refractivity contribution in [1.29, 1.82) is 0 Å². The van der Waals surface area contributed by atoms with Crippen LogP contribution in [0.2, 0.25) is 0 Å². The predicted molar refractivity (Wildman–Crippen MR) is 72.3 cm³/mol. The molecule has 2 aliphatic heterocycles. The van der Waals surface area contributed by atoms with Gasteiger partial charge in [-0.05, 0) is 50.6 Å². The third-order valence-corrected chi connectivity index (χ3v) is 5.61. The lowest BCUT2D eigenvalue weighted by molar-refractivity contribution is -0.142. The van der Waals surface area contributed by atoms with E-state index in [1.54, 1.807) is 0 Å². The molecule has 1 aliphatic carbocycles. The molecule has 0 bridgehead atoms. The minimum atomic E-state index is -0.0879. The van der Waals surface area contributed by atoms with Gasteiger partial charge >= 0.3 is 0 Å². The van der Waals surface area contributed by atoms with Crippen LogP contribution in [0.3, 0.4) is 0 Å². The third kappa shape index (κ3) is 2.07. The second-order valence-corrected chi connectivity index (χ2v) is 6.99. The summed E-state index contributed by atoms with van der Waals surface area (Å²) < 4.78 is 0. The summed E-state index contributed by atoms with van der Waals surface area (Å²) in [6.45, 7) is 6.25. The Morgan fingerprint density at radius 2 is 1.72 bits per heavy atom. The summed E-state index contributed by atoms with van der Waals surface area (Å²) >= 11 is 0. The van der Waals surface area contributed by atoms with Gasteiger partial charge in [0.05, 0.1) is 0 Å². The second kappa shape index (κ2) is 4.52. The van der Waals surface area contributed by atoms with Crippen LogP contribution >= 0.6 is 0 Å². The fourth-order valence-corrected chi connectivity index (χ4v) is 4.22. The summed E-state index contributed by atoms with van der Waals surface area (Å²) in [5, 5.41) is 3.36. The first-order valence-electron chi connectivity index (χ1n) is 7.64. The Bertz CT molecular complexity index is 327. The highest BCUT2D eigenvalue weighted by atomic mass is 16.2. The fraction of sp³-hybridized carbons (Fsp3) is 0.933. The normalized spacial score (nSPS) is 29.9. The van der Waals surface area contributed by atoms with Gasteiger partial charge in [-0.1, -0.05) is 19.8 Å². The van der Waals surface area contributed by atoms with E-state index in [1.807, 2.05) is 0 Å². The summed E-state index contributed by atoms with van der Waals surface area (Å²) in [5.74, 6) is 0.438. The highest BCUT2D eigenvalue weighted by molar-refractivity contribution is 5.82. The Kier molecular flexibility index (Phi) is 3.13. The smallest absolute Gasteiger partial charge is 0.228 e. The highest BCUT2D eigenvalue weighted by Gasteiger charge is 2.45. The molecule has 3 fully saturated rings. The van der Waals surface area contributed by atoms with Crippen LogP contribution in [0.4, 0.5) is 0 Å². The number of hydrogen-bond donors (Lipinski definition) is 1. The molecule has 0 unspecified atom stereocenters. The number of piperidine rings is 1. The monoisotopic (exact) mass is 250 g/mol. The van der Waals surface area contributed by atoms with Gasteiger partial charge in [0.2, 0.25) is 5.91 Å². The molecule has 0 atom stereocenters. The predicted octanol–water partition coefficient (Wildman–Crippen LogP) is 2.17. The zero-order valence-electron chi connectivity index (χ0n) is 11.6. The molecule has 1 N–H and O–H groups in total. The van der Waals surface area contributed by atoms with Crippen LogP contribution in [-0.4, -0.2) is 37.0 Å². The van der Waals surface area contributed by atoms with Gasteiger partial charge in [-0.25, -0.2) is 0 Å². The number of rotatable bonds is 1. The highest BCUT2D eigenvalue weighted by Crippen LogP contribution is 2.46. The summed E-state index contributed by atoms with van der Waals surface area (Å²) in [5.41, 5.74) is 0.425. The average molecular weight is 250 g/mol. The first kappa shape index (κ1) is 12.5. The molecule has 3 nitrogen and oxygen atoms in total. The van der Waals surface area contributed by atoms with Gasteiger partial charge in [0.25, 0.3) is 0 Å². The minimum Gasteiger partial charge on any atom is -0.342 e. The first-order chi connectivity index (χ1) is 8.64. The quantitative estimate of drug-likeness (QED) is 0.773. The molecule has 1 spiro atoms. The van der Waals surface area contributed by atoms with E-state index in [9.17, 15) is 4.79 Å². The van der Waals surface area contributed by atoms with Crippen molar-refractivity contribution in [2.75, 3.05) is 26.2 Å².